The van der Waals surface area contributed by atoms with Gasteiger partial charge in [0.1, 0.15) is 11.6 Å². The number of pyridine rings is 1. The van der Waals surface area contributed by atoms with Gasteiger partial charge in [-0.3, -0.25) is 4.98 Å². The molecule has 82 valence electrons. The van der Waals surface area contributed by atoms with Crippen LogP contribution in [0.5, 0.6) is 0 Å². The minimum absolute atomic E-state index is 0.667. The summed E-state index contributed by atoms with van der Waals surface area (Å²) in [5.74, 6) is 1.65. The summed E-state index contributed by atoms with van der Waals surface area (Å²) in [6.45, 7) is 2.90. The van der Waals surface area contributed by atoms with Gasteiger partial charge >= 0.3 is 0 Å². The van der Waals surface area contributed by atoms with Crippen molar-refractivity contribution in [3.63, 3.8) is 0 Å². The molecule has 0 radical (unpaired) electrons. The zero-order valence-corrected chi connectivity index (χ0v) is 9.22. The molecule has 16 heavy (non-hydrogen) atoms. The fourth-order valence-electron chi connectivity index (χ4n) is 1.43. The number of hydrogen-bond donors (Lipinski definition) is 1. The highest BCUT2D eigenvalue weighted by molar-refractivity contribution is 5.33. The van der Waals surface area contributed by atoms with E-state index in [4.69, 9.17) is 0 Å². The summed E-state index contributed by atoms with van der Waals surface area (Å²) in [6.07, 6.45) is 4.22. The summed E-state index contributed by atoms with van der Waals surface area (Å²) in [6, 6.07) is 7.71. The molecule has 0 aliphatic carbocycles. The average molecular weight is 214 g/mol. The lowest BCUT2D eigenvalue weighted by Crippen LogP contribution is -2.03. The van der Waals surface area contributed by atoms with Gasteiger partial charge in [0.15, 0.2) is 0 Å². The predicted octanol–water partition coefficient (Wildman–Crippen LogP) is 1.89. The summed E-state index contributed by atoms with van der Waals surface area (Å²) < 4.78 is 0. The Bertz CT molecular complexity index is 442. The first-order valence-electron chi connectivity index (χ1n) is 5.34. The highest BCUT2D eigenvalue weighted by atomic mass is 15.0. The van der Waals surface area contributed by atoms with Gasteiger partial charge < -0.3 is 5.32 Å². The van der Waals surface area contributed by atoms with Gasteiger partial charge in [0.05, 0.1) is 6.42 Å². The monoisotopic (exact) mass is 214 g/mol. The van der Waals surface area contributed by atoms with Crippen molar-refractivity contribution < 1.29 is 0 Å². The molecule has 0 aromatic carbocycles. The fourth-order valence-corrected chi connectivity index (χ4v) is 1.43. The topological polar surface area (TPSA) is 50.7 Å². The maximum absolute atomic E-state index is 4.40. The molecule has 0 saturated carbocycles. The molecule has 0 aliphatic heterocycles. The van der Waals surface area contributed by atoms with Crippen LogP contribution in [-0.2, 0) is 6.42 Å². The molecule has 2 heterocycles. The molecule has 0 unspecified atom stereocenters. The van der Waals surface area contributed by atoms with Crippen molar-refractivity contribution in [3.05, 3.63) is 48.2 Å². The molecule has 1 N–H and O–H groups in total. The van der Waals surface area contributed by atoms with Gasteiger partial charge in [-0.25, -0.2) is 9.97 Å². The van der Waals surface area contributed by atoms with Crippen LogP contribution in [0, 0.1) is 0 Å². The Morgan fingerprint density at radius 1 is 1.12 bits per heavy atom. The highest BCUT2D eigenvalue weighted by Gasteiger charge is 2.00. The van der Waals surface area contributed by atoms with Crippen molar-refractivity contribution in [1.29, 1.82) is 0 Å². The Hall–Kier alpha value is -1.97. The molecule has 0 saturated heterocycles. The molecule has 0 atom stereocenters. The van der Waals surface area contributed by atoms with Crippen molar-refractivity contribution in [3.8, 4) is 0 Å². The lowest BCUT2D eigenvalue weighted by molar-refractivity contribution is 0.932. The van der Waals surface area contributed by atoms with Gasteiger partial charge in [0.2, 0.25) is 0 Å². The molecule has 0 bridgehead atoms. The molecule has 2 rings (SSSR count). The van der Waals surface area contributed by atoms with Crippen LogP contribution in [0.2, 0.25) is 0 Å². The molecule has 4 nitrogen and oxygen atoms in total. The van der Waals surface area contributed by atoms with E-state index in [1.807, 2.05) is 31.2 Å². The number of hydrogen-bond acceptors (Lipinski definition) is 4. The second-order valence-electron chi connectivity index (χ2n) is 3.39. The van der Waals surface area contributed by atoms with Crippen LogP contribution < -0.4 is 5.32 Å². The Kier molecular flexibility index (Phi) is 3.43. The summed E-state index contributed by atoms with van der Waals surface area (Å²) in [4.78, 5) is 12.9. The summed E-state index contributed by atoms with van der Waals surface area (Å²) in [5, 5.41) is 3.16. The molecule has 0 fully saturated rings. The van der Waals surface area contributed by atoms with Crippen molar-refractivity contribution in [2.45, 2.75) is 13.3 Å². The number of rotatable bonds is 4. The molecule has 4 heteroatoms. The Balaban J connectivity index is 2.12. The highest BCUT2D eigenvalue weighted by Crippen LogP contribution is 2.05. The Labute approximate surface area is 94.8 Å². The van der Waals surface area contributed by atoms with Crippen LogP contribution in [0.25, 0.3) is 0 Å². The minimum Gasteiger partial charge on any atom is -0.370 e. The molecule has 2 aromatic rings. The van der Waals surface area contributed by atoms with Crippen molar-refractivity contribution in [2.75, 3.05) is 11.9 Å². The van der Waals surface area contributed by atoms with Crippen LogP contribution in [0.1, 0.15) is 18.4 Å². The van der Waals surface area contributed by atoms with Gasteiger partial charge in [-0.2, -0.15) is 0 Å². The van der Waals surface area contributed by atoms with Crippen molar-refractivity contribution in [1.82, 2.24) is 15.0 Å². The summed E-state index contributed by atoms with van der Waals surface area (Å²) in [7, 11) is 0. The lowest BCUT2D eigenvalue weighted by Gasteiger charge is -2.04. The Morgan fingerprint density at radius 3 is 2.81 bits per heavy atom. The summed E-state index contributed by atoms with van der Waals surface area (Å²) >= 11 is 0. The van der Waals surface area contributed by atoms with Crippen LogP contribution >= 0.6 is 0 Å². The van der Waals surface area contributed by atoms with E-state index in [-0.39, 0.29) is 0 Å². The van der Waals surface area contributed by atoms with Gasteiger partial charge in [0.25, 0.3) is 0 Å². The fraction of sp³-hybridized carbons (Fsp3) is 0.250. The van der Waals surface area contributed by atoms with Crippen molar-refractivity contribution in [2.24, 2.45) is 0 Å². The molecule has 0 aliphatic rings. The largest absolute Gasteiger partial charge is 0.370 e. The van der Waals surface area contributed by atoms with E-state index >= 15 is 0 Å². The molecular formula is C12H14N4. The zero-order valence-electron chi connectivity index (χ0n) is 9.22. The zero-order chi connectivity index (χ0) is 11.2. The smallest absolute Gasteiger partial charge is 0.136 e. The third kappa shape index (κ3) is 2.76. The SMILES string of the molecule is CCNc1ccnc(Cc2ccccn2)n1. The molecule has 2 aromatic heterocycles. The minimum atomic E-state index is 0.667. The van der Waals surface area contributed by atoms with E-state index in [9.17, 15) is 0 Å². The maximum Gasteiger partial charge on any atom is 0.136 e. The number of aromatic nitrogens is 3. The van der Waals surface area contributed by atoms with E-state index in [1.54, 1.807) is 12.4 Å². The predicted molar refractivity (Wildman–Crippen MR) is 63.2 cm³/mol. The average Bonchev–Trinajstić information content (AvgIpc) is 2.31. The third-order valence-corrected chi connectivity index (χ3v) is 2.13. The lowest BCUT2D eigenvalue weighted by atomic mass is 10.2. The van der Waals surface area contributed by atoms with E-state index in [0.29, 0.717) is 6.42 Å². The first kappa shape index (κ1) is 10.5. The molecular weight excluding hydrogens is 200 g/mol. The normalized spacial score (nSPS) is 10.1. The number of anilines is 1. The first-order valence-corrected chi connectivity index (χ1v) is 5.34. The number of nitrogens with one attached hydrogen (secondary N) is 1. The molecule has 0 amide bonds. The van der Waals surface area contributed by atoms with Crippen LogP contribution in [-0.4, -0.2) is 21.5 Å². The standard InChI is InChI=1S/C12H14N4/c1-2-13-11-6-8-15-12(16-11)9-10-5-3-4-7-14-10/h3-8H,2,9H2,1H3,(H,13,15,16). The number of nitrogens with zero attached hydrogens (tertiary/aromatic N) is 3. The second-order valence-corrected chi connectivity index (χ2v) is 3.39. The quantitative estimate of drug-likeness (QED) is 0.844. The van der Waals surface area contributed by atoms with Gasteiger partial charge in [-0.05, 0) is 25.1 Å². The van der Waals surface area contributed by atoms with Gasteiger partial charge in [0, 0.05) is 24.6 Å². The van der Waals surface area contributed by atoms with Crippen LogP contribution in [0.4, 0.5) is 5.82 Å². The summed E-state index contributed by atoms with van der Waals surface area (Å²) in [5.41, 5.74) is 0.983. The van der Waals surface area contributed by atoms with E-state index in [2.05, 4.69) is 20.3 Å². The molecule has 0 spiro atoms. The van der Waals surface area contributed by atoms with Crippen molar-refractivity contribution >= 4 is 5.82 Å². The third-order valence-electron chi connectivity index (χ3n) is 2.13. The maximum atomic E-state index is 4.40. The second kappa shape index (κ2) is 5.21. The van der Waals surface area contributed by atoms with Gasteiger partial charge in [-0.15, -0.1) is 0 Å². The van der Waals surface area contributed by atoms with Crippen LogP contribution in [0.3, 0.4) is 0 Å². The van der Waals surface area contributed by atoms with E-state index < -0.39 is 0 Å². The first-order chi connectivity index (χ1) is 7.88. The van der Waals surface area contributed by atoms with E-state index in [1.165, 1.54) is 0 Å². The van der Waals surface area contributed by atoms with E-state index in [0.717, 1.165) is 23.9 Å². The van der Waals surface area contributed by atoms with Gasteiger partial charge in [-0.1, -0.05) is 6.07 Å². The van der Waals surface area contributed by atoms with Crippen LogP contribution in [0.15, 0.2) is 36.7 Å². The Morgan fingerprint density at radius 2 is 2.06 bits per heavy atom.